The number of hydrogen-bond donors (Lipinski definition) is 2. The summed E-state index contributed by atoms with van der Waals surface area (Å²) in [5, 5.41) is 4.03. The minimum atomic E-state index is -3.59. The van der Waals surface area contributed by atoms with E-state index in [0.29, 0.717) is 6.54 Å². The highest BCUT2D eigenvalue weighted by atomic mass is 32.2. The molecule has 0 saturated carbocycles. The van der Waals surface area contributed by atoms with Gasteiger partial charge in [0.1, 0.15) is 5.76 Å². The molecule has 1 atom stereocenters. The first kappa shape index (κ1) is 22.3. The lowest BCUT2D eigenvalue weighted by molar-refractivity contribution is -0.121. The van der Waals surface area contributed by atoms with E-state index in [1.54, 1.807) is 6.26 Å². The maximum atomic E-state index is 12.3. The van der Waals surface area contributed by atoms with Gasteiger partial charge >= 0.3 is 0 Å². The third kappa shape index (κ3) is 7.12. The van der Waals surface area contributed by atoms with Gasteiger partial charge in [-0.15, -0.1) is 0 Å². The standard InChI is InChI=1S/C22H29N3O4S/c26-22(11-13-24-30(27,28)17-12-19-8-3-1-4-9-19)23-18-20(21-10-7-16-29-21)25-14-5-2-6-15-25/h1,3-4,7-10,12,16-17,20,24H,2,5-6,11,13-15,18H2,(H,23,26)/b17-12+. The van der Waals surface area contributed by atoms with Crippen LogP contribution in [0.1, 0.15) is 43.0 Å². The first-order valence-corrected chi connectivity index (χ1v) is 11.8. The SMILES string of the molecule is O=C(CCNS(=O)(=O)/C=C/c1ccccc1)NCC(c1ccco1)N1CCCCC1. The van der Waals surface area contributed by atoms with Crippen LogP contribution < -0.4 is 10.0 Å². The highest BCUT2D eigenvalue weighted by Gasteiger charge is 2.24. The van der Waals surface area contributed by atoms with Crippen molar-refractivity contribution in [1.29, 1.82) is 0 Å². The summed E-state index contributed by atoms with van der Waals surface area (Å²) in [6.45, 7) is 2.44. The second kappa shape index (κ2) is 11.1. The Labute approximate surface area is 178 Å². The number of piperidine rings is 1. The molecule has 2 aromatic rings. The van der Waals surface area contributed by atoms with Gasteiger partial charge in [0.2, 0.25) is 15.9 Å². The Morgan fingerprint density at radius 1 is 1.10 bits per heavy atom. The number of sulfonamides is 1. The smallest absolute Gasteiger partial charge is 0.233 e. The van der Waals surface area contributed by atoms with Gasteiger partial charge in [0, 0.05) is 24.9 Å². The van der Waals surface area contributed by atoms with Crippen LogP contribution in [0.2, 0.25) is 0 Å². The minimum Gasteiger partial charge on any atom is -0.468 e. The molecular weight excluding hydrogens is 402 g/mol. The third-order valence-electron chi connectivity index (χ3n) is 5.09. The molecule has 1 aliphatic rings. The number of benzene rings is 1. The lowest BCUT2D eigenvalue weighted by atomic mass is 10.1. The Morgan fingerprint density at radius 2 is 1.87 bits per heavy atom. The average molecular weight is 432 g/mol. The lowest BCUT2D eigenvalue weighted by Gasteiger charge is -2.33. The molecule has 1 unspecified atom stereocenters. The second-order valence-electron chi connectivity index (χ2n) is 7.33. The van der Waals surface area contributed by atoms with E-state index in [4.69, 9.17) is 4.42 Å². The van der Waals surface area contributed by atoms with Crippen LogP contribution in [0.15, 0.2) is 58.6 Å². The number of nitrogens with zero attached hydrogens (tertiary/aromatic N) is 1. The molecule has 1 aromatic carbocycles. The number of furan rings is 1. The van der Waals surface area contributed by atoms with Gasteiger partial charge in [-0.3, -0.25) is 9.69 Å². The third-order valence-corrected chi connectivity index (χ3v) is 6.19. The molecule has 0 radical (unpaired) electrons. The van der Waals surface area contributed by atoms with Crippen molar-refractivity contribution >= 4 is 22.0 Å². The molecule has 0 spiro atoms. The average Bonchev–Trinajstić information content (AvgIpc) is 3.28. The maximum Gasteiger partial charge on any atom is 0.233 e. The van der Waals surface area contributed by atoms with Gasteiger partial charge in [-0.25, -0.2) is 13.1 Å². The molecule has 0 aliphatic carbocycles. The summed E-state index contributed by atoms with van der Waals surface area (Å²) in [5.41, 5.74) is 0.794. The zero-order valence-electron chi connectivity index (χ0n) is 17.0. The zero-order valence-corrected chi connectivity index (χ0v) is 17.8. The van der Waals surface area contributed by atoms with Crippen LogP contribution in [0.4, 0.5) is 0 Å². The summed E-state index contributed by atoms with van der Waals surface area (Å²) in [4.78, 5) is 14.6. The fourth-order valence-corrected chi connectivity index (χ4v) is 4.33. The Balaban J connectivity index is 1.44. The monoisotopic (exact) mass is 431 g/mol. The van der Waals surface area contributed by atoms with E-state index >= 15 is 0 Å². The number of hydrogen-bond acceptors (Lipinski definition) is 5. The van der Waals surface area contributed by atoms with Crippen LogP contribution in [0.5, 0.6) is 0 Å². The fraction of sp³-hybridized carbons (Fsp3) is 0.409. The quantitative estimate of drug-likeness (QED) is 0.604. The van der Waals surface area contributed by atoms with Crippen LogP contribution in [-0.2, 0) is 14.8 Å². The lowest BCUT2D eigenvalue weighted by Crippen LogP contribution is -2.41. The van der Waals surface area contributed by atoms with Gasteiger partial charge in [-0.2, -0.15) is 0 Å². The molecule has 30 heavy (non-hydrogen) atoms. The van der Waals surface area contributed by atoms with Gasteiger partial charge in [0.25, 0.3) is 0 Å². The normalized spacial score (nSPS) is 16.5. The van der Waals surface area contributed by atoms with Crippen molar-refractivity contribution < 1.29 is 17.6 Å². The van der Waals surface area contributed by atoms with Gasteiger partial charge in [-0.1, -0.05) is 36.8 Å². The molecule has 1 saturated heterocycles. The molecule has 7 nitrogen and oxygen atoms in total. The van der Waals surface area contributed by atoms with Crippen LogP contribution in [0.3, 0.4) is 0 Å². The van der Waals surface area contributed by atoms with Crippen LogP contribution >= 0.6 is 0 Å². The van der Waals surface area contributed by atoms with E-state index < -0.39 is 10.0 Å². The molecule has 8 heteroatoms. The molecule has 2 heterocycles. The van der Waals surface area contributed by atoms with Crippen molar-refractivity contribution in [2.45, 2.75) is 31.7 Å². The number of carbonyl (C=O) groups excluding carboxylic acids is 1. The van der Waals surface area contributed by atoms with Crippen molar-refractivity contribution in [2.75, 3.05) is 26.2 Å². The molecule has 1 fully saturated rings. The molecule has 162 valence electrons. The van der Waals surface area contributed by atoms with Gasteiger partial charge in [0.15, 0.2) is 0 Å². The van der Waals surface area contributed by atoms with Crippen molar-refractivity contribution in [3.05, 3.63) is 65.5 Å². The Bertz CT molecular complexity index is 905. The predicted octanol–water partition coefficient (Wildman–Crippen LogP) is 2.90. The number of carbonyl (C=O) groups is 1. The topological polar surface area (TPSA) is 91.6 Å². The van der Waals surface area contributed by atoms with Crippen molar-refractivity contribution in [2.24, 2.45) is 0 Å². The van der Waals surface area contributed by atoms with E-state index in [0.717, 1.165) is 42.7 Å². The van der Waals surface area contributed by atoms with Gasteiger partial charge in [-0.05, 0) is 49.7 Å². The van der Waals surface area contributed by atoms with Crippen molar-refractivity contribution in [1.82, 2.24) is 14.9 Å². The first-order valence-electron chi connectivity index (χ1n) is 10.3. The highest BCUT2D eigenvalue weighted by molar-refractivity contribution is 7.92. The number of nitrogens with one attached hydrogen (secondary N) is 2. The van der Waals surface area contributed by atoms with Gasteiger partial charge in [0.05, 0.1) is 12.3 Å². The fourth-order valence-electron chi connectivity index (χ4n) is 3.51. The summed E-state index contributed by atoms with van der Waals surface area (Å²) >= 11 is 0. The summed E-state index contributed by atoms with van der Waals surface area (Å²) in [6, 6.07) is 13.0. The van der Waals surface area contributed by atoms with Gasteiger partial charge < -0.3 is 9.73 Å². The van der Waals surface area contributed by atoms with E-state index in [2.05, 4.69) is 14.9 Å². The second-order valence-corrected chi connectivity index (χ2v) is 8.99. The predicted molar refractivity (Wildman–Crippen MR) is 117 cm³/mol. The molecular formula is C22H29N3O4S. The number of likely N-dealkylation sites (tertiary alicyclic amines) is 1. The summed E-state index contributed by atoms with van der Waals surface area (Å²) in [5.74, 6) is 0.641. The van der Waals surface area contributed by atoms with E-state index in [1.807, 2.05) is 42.5 Å². The first-order chi connectivity index (χ1) is 14.5. The van der Waals surface area contributed by atoms with Crippen LogP contribution in [0, 0.1) is 0 Å². The van der Waals surface area contributed by atoms with E-state index in [1.165, 1.54) is 12.5 Å². The zero-order chi connectivity index (χ0) is 21.2. The van der Waals surface area contributed by atoms with Crippen LogP contribution in [-0.4, -0.2) is 45.4 Å². The Morgan fingerprint density at radius 3 is 2.57 bits per heavy atom. The Hall–Kier alpha value is -2.42. The number of rotatable bonds is 10. The highest BCUT2D eigenvalue weighted by Crippen LogP contribution is 2.24. The van der Waals surface area contributed by atoms with Crippen molar-refractivity contribution in [3.63, 3.8) is 0 Å². The summed E-state index contributed by atoms with van der Waals surface area (Å²) in [6.07, 6.45) is 6.75. The summed E-state index contributed by atoms with van der Waals surface area (Å²) < 4.78 is 32.1. The maximum absolute atomic E-state index is 12.3. The molecule has 1 aromatic heterocycles. The molecule has 1 aliphatic heterocycles. The number of amides is 1. The van der Waals surface area contributed by atoms with Crippen LogP contribution in [0.25, 0.3) is 6.08 Å². The molecule has 1 amide bonds. The molecule has 2 N–H and O–H groups in total. The minimum absolute atomic E-state index is 0.00486. The van der Waals surface area contributed by atoms with Crippen molar-refractivity contribution in [3.8, 4) is 0 Å². The summed E-state index contributed by atoms with van der Waals surface area (Å²) in [7, 11) is -3.59. The largest absolute Gasteiger partial charge is 0.468 e. The Kier molecular flexibility index (Phi) is 8.24. The molecule has 3 rings (SSSR count). The van der Waals surface area contributed by atoms with E-state index in [9.17, 15) is 13.2 Å². The molecule has 0 bridgehead atoms. The van der Waals surface area contributed by atoms with E-state index in [-0.39, 0.29) is 24.9 Å².